The van der Waals surface area contributed by atoms with Gasteiger partial charge in [0.1, 0.15) is 0 Å². The molecule has 2 N–H and O–H groups in total. The molecule has 0 aliphatic rings. The van der Waals surface area contributed by atoms with Crippen molar-refractivity contribution in [2.75, 3.05) is 6.61 Å². The molecule has 0 aliphatic heterocycles. The summed E-state index contributed by atoms with van der Waals surface area (Å²) < 4.78 is 0. The van der Waals surface area contributed by atoms with Crippen LogP contribution in [0.25, 0.3) is 0 Å². The molecular formula is C32H64O2. The predicted octanol–water partition coefficient (Wildman–Crippen LogP) is 11.4. The van der Waals surface area contributed by atoms with E-state index in [9.17, 15) is 0 Å². The minimum atomic E-state index is 0.354. The highest BCUT2D eigenvalue weighted by atomic mass is 16.3. The lowest BCUT2D eigenvalue weighted by atomic mass is 10.0. The summed E-state index contributed by atoms with van der Waals surface area (Å²) >= 11 is 0. The van der Waals surface area contributed by atoms with Gasteiger partial charge in [0.25, 0.3) is 0 Å². The molecule has 0 saturated carbocycles. The zero-order chi connectivity index (χ0) is 25.2. The van der Waals surface area contributed by atoms with Crippen LogP contribution in [0, 0.1) is 0 Å². The molecule has 0 atom stereocenters. The van der Waals surface area contributed by atoms with Gasteiger partial charge in [-0.15, -0.1) is 0 Å². The number of allylic oxidation sites excluding steroid dienone is 3. The molecule has 2 heteroatoms. The molecule has 0 heterocycles. The van der Waals surface area contributed by atoms with Gasteiger partial charge in [0, 0.05) is 6.61 Å². The highest BCUT2D eigenvalue weighted by Crippen LogP contribution is 2.13. The molecule has 34 heavy (non-hydrogen) atoms. The van der Waals surface area contributed by atoms with Crippen molar-refractivity contribution >= 4 is 0 Å². The van der Waals surface area contributed by atoms with Crippen LogP contribution in [0.2, 0.25) is 0 Å². The first kappa shape index (κ1) is 35.4. The summed E-state index contributed by atoms with van der Waals surface area (Å²) in [4.78, 5) is 0. The SMILES string of the molecule is CCCCCC/C=C\CCCCCCO.CCCCCCCCCCCCCCCC/C=C\O. The highest BCUT2D eigenvalue weighted by Gasteiger charge is 1.93. The lowest BCUT2D eigenvalue weighted by molar-refractivity contribution is 0.282. The van der Waals surface area contributed by atoms with Crippen molar-refractivity contribution in [3.8, 4) is 0 Å². The Morgan fingerprint density at radius 2 is 0.676 bits per heavy atom. The van der Waals surface area contributed by atoms with Crippen LogP contribution in [0.15, 0.2) is 24.5 Å². The maximum atomic E-state index is 8.60. The maximum absolute atomic E-state index is 8.60. The van der Waals surface area contributed by atoms with E-state index in [2.05, 4.69) is 26.0 Å². The van der Waals surface area contributed by atoms with Crippen LogP contribution in [0.5, 0.6) is 0 Å². The molecule has 0 saturated heterocycles. The second kappa shape index (κ2) is 36.8. The van der Waals surface area contributed by atoms with Gasteiger partial charge in [-0.25, -0.2) is 0 Å². The summed E-state index contributed by atoms with van der Waals surface area (Å²) in [5.41, 5.74) is 0. The average molecular weight is 481 g/mol. The van der Waals surface area contributed by atoms with Crippen LogP contribution in [0.4, 0.5) is 0 Å². The van der Waals surface area contributed by atoms with E-state index in [1.54, 1.807) is 0 Å². The first-order valence-electron chi connectivity index (χ1n) is 15.4. The van der Waals surface area contributed by atoms with Crippen molar-refractivity contribution in [1.82, 2.24) is 0 Å². The Labute approximate surface area is 215 Å². The Bertz CT molecular complexity index is 375. The third-order valence-corrected chi connectivity index (χ3v) is 6.50. The van der Waals surface area contributed by atoms with E-state index < -0.39 is 0 Å². The number of hydrogen-bond acceptors (Lipinski definition) is 2. The smallest absolute Gasteiger partial charge is 0.0751 e. The third-order valence-electron chi connectivity index (χ3n) is 6.50. The molecule has 0 aromatic rings. The van der Waals surface area contributed by atoms with Crippen molar-refractivity contribution in [2.24, 2.45) is 0 Å². The van der Waals surface area contributed by atoms with Crippen molar-refractivity contribution in [1.29, 1.82) is 0 Å². The van der Waals surface area contributed by atoms with E-state index in [0.29, 0.717) is 6.61 Å². The van der Waals surface area contributed by atoms with Gasteiger partial charge in [-0.1, -0.05) is 148 Å². The van der Waals surface area contributed by atoms with E-state index >= 15 is 0 Å². The Balaban J connectivity index is 0. The average Bonchev–Trinajstić information content (AvgIpc) is 2.85. The van der Waals surface area contributed by atoms with Crippen molar-refractivity contribution < 1.29 is 10.2 Å². The zero-order valence-electron chi connectivity index (χ0n) is 23.6. The molecule has 0 fully saturated rings. The van der Waals surface area contributed by atoms with E-state index in [1.807, 2.05) is 6.08 Å². The second-order valence-electron chi connectivity index (χ2n) is 10.0. The van der Waals surface area contributed by atoms with Crippen molar-refractivity contribution in [3.63, 3.8) is 0 Å². The molecule has 0 radical (unpaired) electrons. The van der Waals surface area contributed by atoms with Gasteiger partial charge in [-0.05, 0) is 44.9 Å². The standard InChI is InChI=1S/C18H36O.C14H28O/c1-2-3-4-5-6-7-8-9-10-11-12-13-14-15-16-17-18-19;1-2-3-4-5-6-7-8-9-10-11-12-13-14-15/h17-19H,2-16H2,1H3;7-8,15H,2-6,9-14H2,1H3/b18-17-;8-7-. The molecule has 0 amide bonds. The summed E-state index contributed by atoms with van der Waals surface area (Å²) in [6.07, 6.45) is 41.0. The summed E-state index contributed by atoms with van der Waals surface area (Å²) in [6.45, 7) is 4.89. The fraction of sp³-hybridized carbons (Fsp3) is 0.875. The number of aliphatic hydroxyl groups excluding tert-OH is 2. The van der Waals surface area contributed by atoms with Crippen LogP contribution in [0.1, 0.15) is 174 Å². The first-order chi connectivity index (χ1) is 16.8. The van der Waals surface area contributed by atoms with E-state index in [-0.39, 0.29) is 0 Å². The Hall–Kier alpha value is -0.760. The molecule has 2 nitrogen and oxygen atoms in total. The Morgan fingerprint density at radius 3 is 1.03 bits per heavy atom. The minimum Gasteiger partial charge on any atom is -0.516 e. The molecule has 0 aromatic carbocycles. The molecule has 0 unspecified atom stereocenters. The molecule has 0 spiro atoms. The van der Waals surface area contributed by atoms with Gasteiger partial charge in [0.05, 0.1) is 6.26 Å². The molecule has 0 aromatic heterocycles. The fourth-order valence-electron chi connectivity index (χ4n) is 4.18. The topological polar surface area (TPSA) is 40.5 Å². The molecule has 0 rings (SSSR count). The quantitative estimate of drug-likeness (QED) is 0.0734. The van der Waals surface area contributed by atoms with E-state index in [4.69, 9.17) is 10.2 Å². The van der Waals surface area contributed by atoms with Gasteiger partial charge in [-0.2, -0.15) is 0 Å². The number of rotatable bonds is 26. The fourth-order valence-corrected chi connectivity index (χ4v) is 4.18. The zero-order valence-corrected chi connectivity index (χ0v) is 23.6. The predicted molar refractivity (Wildman–Crippen MR) is 155 cm³/mol. The number of aliphatic hydroxyl groups is 2. The largest absolute Gasteiger partial charge is 0.516 e. The van der Waals surface area contributed by atoms with E-state index in [1.165, 1.54) is 154 Å². The summed E-state index contributed by atoms with van der Waals surface area (Å²) in [6, 6.07) is 0. The monoisotopic (exact) mass is 480 g/mol. The molecule has 204 valence electrons. The van der Waals surface area contributed by atoms with Gasteiger partial charge in [0.2, 0.25) is 0 Å². The lowest BCUT2D eigenvalue weighted by Crippen LogP contribution is -1.83. The third kappa shape index (κ3) is 38.5. The number of hydrogen-bond donors (Lipinski definition) is 2. The maximum Gasteiger partial charge on any atom is 0.0751 e. The Kier molecular flexibility index (Phi) is 38.3. The van der Waals surface area contributed by atoms with E-state index in [0.717, 1.165) is 12.8 Å². The van der Waals surface area contributed by atoms with Crippen LogP contribution in [0.3, 0.4) is 0 Å². The highest BCUT2D eigenvalue weighted by molar-refractivity contribution is 4.81. The molecule has 0 aliphatic carbocycles. The van der Waals surface area contributed by atoms with Crippen LogP contribution >= 0.6 is 0 Å². The van der Waals surface area contributed by atoms with Crippen LogP contribution in [-0.2, 0) is 0 Å². The van der Waals surface area contributed by atoms with Crippen LogP contribution < -0.4 is 0 Å². The summed E-state index contributed by atoms with van der Waals surface area (Å²) in [5.74, 6) is 0. The number of unbranched alkanes of at least 4 members (excludes halogenated alkanes) is 22. The minimum absolute atomic E-state index is 0.354. The van der Waals surface area contributed by atoms with Gasteiger partial charge in [-0.3, -0.25) is 0 Å². The van der Waals surface area contributed by atoms with Gasteiger partial charge < -0.3 is 10.2 Å². The summed E-state index contributed by atoms with van der Waals surface area (Å²) in [5, 5.41) is 17.1. The summed E-state index contributed by atoms with van der Waals surface area (Å²) in [7, 11) is 0. The van der Waals surface area contributed by atoms with Crippen molar-refractivity contribution in [3.05, 3.63) is 24.5 Å². The van der Waals surface area contributed by atoms with Gasteiger partial charge in [0.15, 0.2) is 0 Å². The first-order valence-corrected chi connectivity index (χ1v) is 15.4. The molecular weight excluding hydrogens is 416 g/mol. The second-order valence-corrected chi connectivity index (χ2v) is 10.0. The van der Waals surface area contributed by atoms with Gasteiger partial charge >= 0.3 is 0 Å². The van der Waals surface area contributed by atoms with Crippen LogP contribution in [-0.4, -0.2) is 16.8 Å². The van der Waals surface area contributed by atoms with Crippen molar-refractivity contribution in [2.45, 2.75) is 174 Å². The lowest BCUT2D eigenvalue weighted by Gasteiger charge is -2.02. The Morgan fingerprint density at radius 1 is 0.382 bits per heavy atom. The molecule has 0 bridgehead atoms. The normalized spacial score (nSPS) is 11.4.